The number of nitrogens with zero attached hydrogens (tertiary/aromatic N) is 2. The fourth-order valence-corrected chi connectivity index (χ4v) is 3.10. The van der Waals surface area contributed by atoms with Crippen molar-refractivity contribution in [2.45, 2.75) is 5.03 Å². The van der Waals surface area contributed by atoms with E-state index in [1.54, 1.807) is 43.5 Å². The molecule has 0 fully saturated rings. The van der Waals surface area contributed by atoms with E-state index in [0.717, 1.165) is 17.1 Å². The van der Waals surface area contributed by atoms with Crippen LogP contribution in [0.15, 0.2) is 53.6 Å². The Balaban J connectivity index is 1.77. The molecule has 0 spiro atoms. The summed E-state index contributed by atoms with van der Waals surface area (Å²) in [7, 11) is 1.57. The minimum absolute atomic E-state index is 0.0116. The quantitative estimate of drug-likeness (QED) is 0.690. The van der Waals surface area contributed by atoms with Gasteiger partial charge in [0.15, 0.2) is 0 Å². The van der Waals surface area contributed by atoms with Crippen molar-refractivity contribution in [1.29, 1.82) is 5.26 Å². The number of rotatable bonds is 5. The van der Waals surface area contributed by atoms with Crippen LogP contribution in [0.25, 0.3) is 10.9 Å². The van der Waals surface area contributed by atoms with Gasteiger partial charge in [0.25, 0.3) is 0 Å². The van der Waals surface area contributed by atoms with Crippen molar-refractivity contribution in [2.75, 3.05) is 18.2 Å². The summed E-state index contributed by atoms with van der Waals surface area (Å²) in [5.41, 5.74) is 1.19. The van der Waals surface area contributed by atoms with Crippen molar-refractivity contribution >= 4 is 34.3 Å². The number of pyridine rings is 1. The van der Waals surface area contributed by atoms with Crippen LogP contribution in [-0.4, -0.2) is 23.8 Å². The van der Waals surface area contributed by atoms with E-state index in [9.17, 15) is 14.4 Å². The van der Waals surface area contributed by atoms with Crippen LogP contribution in [0.5, 0.6) is 5.75 Å². The smallest absolute Gasteiger partial charge is 0.234 e. The number of benzene rings is 2. The molecule has 0 radical (unpaired) electrons. The van der Waals surface area contributed by atoms with E-state index in [4.69, 9.17) is 4.74 Å². The molecule has 0 saturated carbocycles. The molecule has 3 aromatic rings. The number of halogens is 1. The van der Waals surface area contributed by atoms with Gasteiger partial charge in [-0.15, -0.1) is 0 Å². The maximum atomic E-state index is 13.6. The lowest BCUT2D eigenvalue weighted by Gasteiger charge is -2.08. The number of anilines is 1. The van der Waals surface area contributed by atoms with E-state index in [1.807, 2.05) is 0 Å². The number of carbonyl (C=O) groups excluding carboxylic acids is 1. The predicted octanol–water partition coefficient (Wildman–Crippen LogP) is 3.98. The first kappa shape index (κ1) is 17.7. The molecule has 0 bridgehead atoms. The van der Waals surface area contributed by atoms with Gasteiger partial charge in [0.05, 0.1) is 29.6 Å². The molecule has 1 heterocycles. The predicted molar refractivity (Wildman–Crippen MR) is 98.8 cm³/mol. The Morgan fingerprint density at radius 2 is 2.12 bits per heavy atom. The molecular weight excluding hydrogens is 353 g/mol. The number of nitrogens with one attached hydrogen (secondary N) is 1. The first-order valence-corrected chi connectivity index (χ1v) is 8.65. The Bertz CT molecular complexity index is 1020. The van der Waals surface area contributed by atoms with Crippen LogP contribution in [0.1, 0.15) is 5.56 Å². The molecule has 3 rings (SSSR count). The van der Waals surface area contributed by atoms with Gasteiger partial charge in [-0.05, 0) is 36.4 Å². The van der Waals surface area contributed by atoms with E-state index in [2.05, 4.69) is 16.4 Å². The van der Waals surface area contributed by atoms with Crippen molar-refractivity contribution in [1.82, 2.24) is 4.98 Å². The van der Waals surface area contributed by atoms with Crippen LogP contribution in [-0.2, 0) is 4.79 Å². The molecule has 26 heavy (non-hydrogen) atoms. The Kier molecular flexibility index (Phi) is 5.34. The zero-order valence-electron chi connectivity index (χ0n) is 13.8. The summed E-state index contributed by atoms with van der Waals surface area (Å²) in [4.78, 5) is 16.5. The molecule has 130 valence electrons. The standard InChI is InChI=1S/C19H14FN3O2S/c1-25-14-6-7-16-12(9-14)8-13(10-21)19(23-16)26-11-18(24)22-17-5-3-2-4-15(17)20/h2-9H,11H2,1H3,(H,22,24). The maximum Gasteiger partial charge on any atom is 0.234 e. The highest BCUT2D eigenvalue weighted by Gasteiger charge is 2.12. The highest BCUT2D eigenvalue weighted by Crippen LogP contribution is 2.27. The zero-order valence-corrected chi connectivity index (χ0v) is 14.6. The minimum atomic E-state index is -0.499. The third-order valence-corrected chi connectivity index (χ3v) is 4.59. The number of carbonyl (C=O) groups is 1. The summed E-state index contributed by atoms with van der Waals surface area (Å²) in [5.74, 6) is -0.188. The summed E-state index contributed by atoms with van der Waals surface area (Å²) < 4.78 is 18.8. The molecule has 5 nitrogen and oxygen atoms in total. The SMILES string of the molecule is COc1ccc2nc(SCC(=O)Nc3ccccc3F)c(C#N)cc2c1. The van der Waals surface area contributed by atoms with Crippen molar-refractivity contribution in [2.24, 2.45) is 0 Å². The third kappa shape index (κ3) is 3.92. The number of hydrogen-bond donors (Lipinski definition) is 1. The molecule has 2 aromatic carbocycles. The van der Waals surface area contributed by atoms with E-state index in [-0.39, 0.29) is 17.3 Å². The number of hydrogen-bond acceptors (Lipinski definition) is 5. The summed E-state index contributed by atoms with van der Waals surface area (Å²) in [6.45, 7) is 0. The van der Waals surface area contributed by atoms with Crippen molar-refractivity contribution in [3.05, 3.63) is 59.9 Å². The fourth-order valence-electron chi connectivity index (χ4n) is 2.34. The second kappa shape index (κ2) is 7.85. The monoisotopic (exact) mass is 367 g/mol. The Morgan fingerprint density at radius 3 is 2.85 bits per heavy atom. The number of aromatic nitrogens is 1. The number of fused-ring (bicyclic) bond motifs is 1. The fraction of sp³-hybridized carbons (Fsp3) is 0.105. The topological polar surface area (TPSA) is 75.0 Å². The molecule has 7 heteroatoms. The second-order valence-corrected chi connectivity index (χ2v) is 6.29. The molecule has 0 aliphatic carbocycles. The molecule has 0 atom stereocenters. The van der Waals surface area contributed by atoms with E-state index >= 15 is 0 Å². The molecule has 0 saturated heterocycles. The largest absolute Gasteiger partial charge is 0.497 e. The second-order valence-electron chi connectivity index (χ2n) is 5.33. The zero-order chi connectivity index (χ0) is 18.5. The first-order valence-electron chi connectivity index (χ1n) is 7.67. The van der Waals surface area contributed by atoms with Crippen LogP contribution in [0.4, 0.5) is 10.1 Å². The molecule has 1 amide bonds. The first-order chi connectivity index (χ1) is 12.6. The highest BCUT2D eigenvalue weighted by molar-refractivity contribution is 8.00. The molecular formula is C19H14FN3O2S. The van der Waals surface area contributed by atoms with Crippen LogP contribution in [0, 0.1) is 17.1 Å². The molecule has 0 aliphatic rings. The van der Waals surface area contributed by atoms with E-state index in [0.29, 0.717) is 21.9 Å². The lowest BCUT2D eigenvalue weighted by atomic mass is 10.1. The maximum absolute atomic E-state index is 13.6. The van der Waals surface area contributed by atoms with Gasteiger partial charge in [-0.3, -0.25) is 4.79 Å². The van der Waals surface area contributed by atoms with Crippen LogP contribution in [0.2, 0.25) is 0 Å². The van der Waals surface area contributed by atoms with Gasteiger partial charge >= 0.3 is 0 Å². The van der Waals surface area contributed by atoms with Crippen LogP contribution in [0.3, 0.4) is 0 Å². The summed E-state index contributed by atoms with van der Waals surface area (Å²) >= 11 is 1.13. The lowest BCUT2D eigenvalue weighted by molar-refractivity contribution is -0.113. The van der Waals surface area contributed by atoms with Gasteiger partial charge in [-0.1, -0.05) is 23.9 Å². The van der Waals surface area contributed by atoms with Crippen molar-refractivity contribution in [3.8, 4) is 11.8 Å². The summed E-state index contributed by atoms with van der Waals surface area (Å²) in [6.07, 6.45) is 0. The summed E-state index contributed by atoms with van der Waals surface area (Å²) in [6, 6.07) is 15.1. The Hall–Kier alpha value is -3.11. The van der Waals surface area contributed by atoms with E-state index < -0.39 is 5.82 Å². The third-order valence-electron chi connectivity index (χ3n) is 3.60. The molecule has 1 aromatic heterocycles. The Labute approximate surface area is 153 Å². The normalized spacial score (nSPS) is 10.3. The van der Waals surface area contributed by atoms with Gasteiger partial charge in [0, 0.05) is 5.39 Å². The lowest BCUT2D eigenvalue weighted by Crippen LogP contribution is -2.15. The summed E-state index contributed by atoms with van der Waals surface area (Å²) in [5, 5.41) is 13.1. The number of amides is 1. The minimum Gasteiger partial charge on any atom is -0.497 e. The Morgan fingerprint density at radius 1 is 1.31 bits per heavy atom. The van der Waals surface area contributed by atoms with Gasteiger partial charge in [-0.25, -0.2) is 9.37 Å². The number of thioether (sulfide) groups is 1. The van der Waals surface area contributed by atoms with Gasteiger partial charge < -0.3 is 10.1 Å². The average molecular weight is 367 g/mol. The van der Waals surface area contributed by atoms with Crippen molar-refractivity contribution in [3.63, 3.8) is 0 Å². The van der Waals surface area contributed by atoms with E-state index in [1.165, 1.54) is 12.1 Å². The number of para-hydroxylation sites is 1. The average Bonchev–Trinajstić information content (AvgIpc) is 2.67. The number of ether oxygens (including phenoxy) is 1. The van der Waals surface area contributed by atoms with Crippen LogP contribution >= 0.6 is 11.8 Å². The van der Waals surface area contributed by atoms with Gasteiger partial charge in [-0.2, -0.15) is 5.26 Å². The van der Waals surface area contributed by atoms with Crippen molar-refractivity contribution < 1.29 is 13.9 Å². The molecule has 0 aliphatic heterocycles. The van der Waals surface area contributed by atoms with Crippen LogP contribution < -0.4 is 10.1 Å². The van der Waals surface area contributed by atoms with Gasteiger partial charge in [0.1, 0.15) is 22.7 Å². The molecule has 1 N–H and O–H groups in total. The van der Waals surface area contributed by atoms with Gasteiger partial charge in [0.2, 0.25) is 5.91 Å². The number of methoxy groups -OCH3 is 1. The highest BCUT2D eigenvalue weighted by atomic mass is 32.2. The number of nitriles is 1. The molecule has 0 unspecified atom stereocenters.